The van der Waals surface area contributed by atoms with Gasteiger partial charge in [0.2, 0.25) is 0 Å². The van der Waals surface area contributed by atoms with E-state index in [-0.39, 0.29) is 0 Å². The van der Waals surface area contributed by atoms with Gasteiger partial charge in [-0.3, -0.25) is 5.43 Å². The molecule has 0 spiro atoms. The fourth-order valence-electron chi connectivity index (χ4n) is 0.473. The molecule has 0 aliphatic rings. The summed E-state index contributed by atoms with van der Waals surface area (Å²) in [6.07, 6.45) is 6.62. The monoisotopic (exact) mass is 138 g/mol. The lowest BCUT2D eigenvalue weighted by molar-refractivity contribution is 0.971. The van der Waals surface area contributed by atoms with Gasteiger partial charge >= 0.3 is 0 Å². The molecule has 0 bridgehead atoms. The van der Waals surface area contributed by atoms with Crippen molar-refractivity contribution < 1.29 is 0 Å². The molecule has 0 aromatic heterocycles. The van der Waals surface area contributed by atoms with Crippen molar-refractivity contribution in [2.75, 3.05) is 0 Å². The van der Waals surface area contributed by atoms with Crippen molar-refractivity contribution in [3.63, 3.8) is 0 Å². The van der Waals surface area contributed by atoms with Crippen LogP contribution in [0.1, 0.15) is 20.3 Å². The Kier molecular flexibility index (Phi) is 5.44. The van der Waals surface area contributed by atoms with E-state index < -0.39 is 0 Å². The molecule has 2 heteroatoms. The van der Waals surface area contributed by atoms with E-state index in [1.807, 2.05) is 13.0 Å². The predicted octanol–water partition coefficient (Wildman–Crippen LogP) is 2.06. The molecule has 0 rings (SSSR count). The topological polar surface area (TPSA) is 24.4 Å². The van der Waals surface area contributed by atoms with Crippen LogP contribution in [0.2, 0.25) is 0 Å². The maximum Gasteiger partial charge on any atom is 0.0572 e. The molecule has 1 N–H and O–H groups in total. The molecule has 0 fully saturated rings. The van der Waals surface area contributed by atoms with E-state index >= 15 is 0 Å². The Bertz CT molecular complexity index is 145. The summed E-state index contributed by atoms with van der Waals surface area (Å²) in [6.45, 7) is 7.49. The van der Waals surface area contributed by atoms with E-state index in [2.05, 4.69) is 30.1 Å². The van der Waals surface area contributed by atoms with Gasteiger partial charge in [0.25, 0.3) is 0 Å². The van der Waals surface area contributed by atoms with Crippen LogP contribution in [0.15, 0.2) is 30.0 Å². The molecule has 0 atom stereocenters. The highest BCUT2D eigenvalue weighted by atomic mass is 15.3. The molecular formula is C8H14N2. The van der Waals surface area contributed by atoms with E-state index in [1.165, 1.54) is 0 Å². The second-order valence-corrected chi connectivity index (χ2v) is 1.90. The van der Waals surface area contributed by atoms with Gasteiger partial charge in [-0.1, -0.05) is 19.6 Å². The molecule has 0 saturated carbocycles. The van der Waals surface area contributed by atoms with Gasteiger partial charge in [-0.15, -0.1) is 0 Å². The van der Waals surface area contributed by atoms with Crippen molar-refractivity contribution in [2.24, 2.45) is 5.10 Å². The Labute approximate surface area is 62.3 Å². The Morgan fingerprint density at radius 1 is 1.70 bits per heavy atom. The minimum atomic E-state index is 0.960. The van der Waals surface area contributed by atoms with E-state index in [0.717, 1.165) is 12.1 Å². The first kappa shape index (κ1) is 8.95. The molecule has 56 valence electrons. The second kappa shape index (κ2) is 6.08. The average molecular weight is 138 g/mol. The van der Waals surface area contributed by atoms with Crippen molar-refractivity contribution in [3.8, 4) is 0 Å². The van der Waals surface area contributed by atoms with Gasteiger partial charge in [-0.05, 0) is 19.4 Å². The lowest BCUT2D eigenvalue weighted by atomic mass is 10.3. The van der Waals surface area contributed by atoms with Gasteiger partial charge in [0.15, 0.2) is 0 Å². The van der Waals surface area contributed by atoms with Crippen LogP contribution in [0.4, 0.5) is 0 Å². The fraction of sp³-hybridized carbons (Fsp3) is 0.375. The highest BCUT2D eigenvalue weighted by Gasteiger charge is 1.77. The van der Waals surface area contributed by atoms with Crippen molar-refractivity contribution in [1.29, 1.82) is 0 Å². The molecule has 0 aromatic rings. The zero-order chi connectivity index (χ0) is 7.82. The van der Waals surface area contributed by atoms with Gasteiger partial charge in [0, 0.05) is 6.20 Å². The molecule has 0 aromatic carbocycles. The van der Waals surface area contributed by atoms with Gasteiger partial charge in [0.05, 0.1) is 5.71 Å². The molecule has 0 unspecified atom stereocenters. The summed E-state index contributed by atoms with van der Waals surface area (Å²) in [5.41, 5.74) is 3.62. The van der Waals surface area contributed by atoms with Gasteiger partial charge in [-0.25, -0.2) is 0 Å². The Hall–Kier alpha value is -1.05. The highest BCUT2D eigenvalue weighted by Crippen LogP contribution is 1.82. The second-order valence-electron chi connectivity index (χ2n) is 1.90. The Morgan fingerprint density at radius 2 is 2.40 bits per heavy atom. The smallest absolute Gasteiger partial charge is 0.0572 e. The lowest BCUT2D eigenvalue weighted by Gasteiger charge is -1.90. The van der Waals surface area contributed by atoms with E-state index in [4.69, 9.17) is 0 Å². The van der Waals surface area contributed by atoms with Crippen LogP contribution in [0, 0.1) is 0 Å². The number of allylic oxidation sites excluding steroid dienone is 2. The van der Waals surface area contributed by atoms with Crippen LogP contribution in [0.3, 0.4) is 0 Å². The van der Waals surface area contributed by atoms with Crippen LogP contribution in [0.25, 0.3) is 0 Å². The maximum atomic E-state index is 3.94. The van der Waals surface area contributed by atoms with E-state index in [1.54, 1.807) is 6.20 Å². The summed E-state index contributed by atoms with van der Waals surface area (Å²) in [5.74, 6) is 0. The summed E-state index contributed by atoms with van der Waals surface area (Å²) in [5, 5.41) is 3.94. The maximum absolute atomic E-state index is 3.94. The lowest BCUT2D eigenvalue weighted by Crippen LogP contribution is -1.96. The molecule has 0 aliphatic carbocycles. The molecule has 0 saturated heterocycles. The molecule has 0 aliphatic heterocycles. The Balaban J connectivity index is 3.69. The SMILES string of the molecule is C=CN/N=C(C)\C=C/CC. The summed E-state index contributed by atoms with van der Waals surface area (Å²) < 4.78 is 0. The number of hydrazone groups is 1. The molecule has 0 heterocycles. The number of hydrogen-bond donors (Lipinski definition) is 1. The van der Waals surface area contributed by atoms with E-state index in [0.29, 0.717) is 0 Å². The normalized spacial score (nSPS) is 12.0. The van der Waals surface area contributed by atoms with Gasteiger partial charge in [0.1, 0.15) is 0 Å². The largest absolute Gasteiger partial charge is 0.286 e. The molecule has 0 amide bonds. The van der Waals surface area contributed by atoms with Crippen molar-refractivity contribution in [2.45, 2.75) is 20.3 Å². The predicted molar refractivity (Wildman–Crippen MR) is 45.9 cm³/mol. The van der Waals surface area contributed by atoms with Crippen LogP contribution in [0.5, 0.6) is 0 Å². The first-order valence-corrected chi connectivity index (χ1v) is 3.38. The zero-order valence-corrected chi connectivity index (χ0v) is 6.59. The summed E-state index contributed by atoms with van der Waals surface area (Å²) in [6, 6.07) is 0. The van der Waals surface area contributed by atoms with Crippen LogP contribution in [-0.2, 0) is 0 Å². The first-order chi connectivity index (χ1) is 4.81. The van der Waals surface area contributed by atoms with Crippen LogP contribution >= 0.6 is 0 Å². The zero-order valence-electron chi connectivity index (χ0n) is 6.59. The molecule has 10 heavy (non-hydrogen) atoms. The third-order valence-corrected chi connectivity index (χ3v) is 0.927. The number of rotatable bonds is 4. The standard InChI is InChI=1S/C8H14N2/c1-4-6-7-8(3)10-9-5-2/h5-7,9H,2,4H2,1,3H3/b7-6-,10-8-. The van der Waals surface area contributed by atoms with E-state index in [9.17, 15) is 0 Å². The number of hydrogen-bond acceptors (Lipinski definition) is 2. The van der Waals surface area contributed by atoms with Crippen molar-refractivity contribution >= 4 is 5.71 Å². The fourth-order valence-corrected chi connectivity index (χ4v) is 0.473. The Morgan fingerprint density at radius 3 is 2.90 bits per heavy atom. The van der Waals surface area contributed by atoms with Crippen LogP contribution in [-0.4, -0.2) is 5.71 Å². The number of nitrogens with zero attached hydrogens (tertiary/aromatic N) is 1. The molecule has 0 radical (unpaired) electrons. The average Bonchev–Trinajstić information content (AvgIpc) is 1.97. The van der Waals surface area contributed by atoms with Crippen LogP contribution < -0.4 is 5.43 Å². The van der Waals surface area contributed by atoms with Gasteiger partial charge in [-0.2, -0.15) is 5.10 Å². The van der Waals surface area contributed by atoms with Crippen molar-refractivity contribution in [1.82, 2.24) is 5.43 Å². The quantitative estimate of drug-likeness (QED) is 0.466. The third kappa shape index (κ3) is 5.09. The first-order valence-electron chi connectivity index (χ1n) is 3.38. The summed E-state index contributed by atoms with van der Waals surface area (Å²) >= 11 is 0. The summed E-state index contributed by atoms with van der Waals surface area (Å²) in [7, 11) is 0. The highest BCUT2D eigenvalue weighted by molar-refractivity contribution is 5.92. The third-order valence-electron chi connectivity index (χ3n) is 0.927. The summed E-state index contributed by atoms with van der Waals surface area (Å²) in [4.78, 5) is 0. The number of nitrogens with one attached hydrogen (secondary N) is 1. The van der Waals surface area contributed by atoms with Crippen molar-refractivity contribution in [3.05, 3.63) is 24.9 Å². The minimum Gasteiger partial charge on any atom is -0.286 e. The van der Waals surface area contributed by atoms with Gasteiger partial charge < -0.3 is 0 Å². The molecule has 2 nitrogen and oxygen atoms in total. The molecular weight excluding hydrogens is 124 g/mol. The minimum absolute atomic E-state index is 0.960.